The van der Waals surface area contributed by atoms with Crippen LogP contribution in [0.2, 0.25) is 0 Å². The molecule has 1 saturated heterocycles. The number of hydrogen-bond acceptors (Lipinski definition) is 3. The lowest BCUT2D eigenvalue weighted by Gasteiger charge is -2.26. The number of alkyl halides is 3. The van der Waals surface area contributed by atoms with E-state index in [0.717, 1.165) is 31.5 Å². The smallest absolute Gasteiger partial charge is 0.338 e. The normalized spacial score (nSPS) is 24.6. The number of rotatable bonds is 3. The maximum Gasteiger partial charge on any atom is 0.434 e. The van der Waals surface area contributed by atoms with Crippen LogP contribution in [-0.4, -0.2) is 40.2 Å². The molecule has 0 radical (unpaired) electrons. The summed E-state index contributed by atoms with van der Waals surface area (Å²) in [6, 6.07) is 5.02. The van der Waals surface area contributed by atoms with Crippen LogP contribution in [-0.2, 0) is 6.18 Å². The maximum atomic E-state index is 14.1. The molecule has 5 nitrogen and oxygen atoms in total. The molecule has 2 aromatic rings. The average Bonchev–Trinajstić information content (AvgIpc) is 3.33. The van der Waals surface area contributed by atoms with E-state index in [4.69, 9.17) is 5.73 Å². The summed E-state index contributed by atoms with van der Waals surface area (Å²) in [5.41, 5.74) is 3.53. The number of aromatic nitrogens is 2. The lowest BCUT2D eigenvalue weighted by molar-refractivity contribution is -0.143. The van der Waals surface area contributed by atoms with Crippen LogP contribution in [0.3, 0.4) is 0 Å². The Morgan fingerprint density at radius 3 is 2.71 bits per heavy atom. The van der Waals surface area contributed by atoms with Gasteiger partial charge in [-0.25, -0.2) is 9.07 Å². The molecule has 1 aliphatic carbocycles. The molecule has 2 atom stereocenters. The Morgan fingerprint density at radius 2 is 2.07 bits per heavy atom. The lowest BCUT2D eigenvalue weighted by Crippen LogP contribution is -2.37. The van der Waals surface area contributed by atoms with Crippen molar-refractivity contribution in [3.05, 3.63) is 47.5 Å². The van der Waals surface area contributed by atoms with Crippen molar-refractivity contribution >= 4 is 5.91 Å². The molecule has 4 rings (SSSR count). The molecular formula is C19H20F4N4O. The summed E-state index contributed by atoms with van der Waals surface area (Å²) >= 11 is 0. The van der Waals surface area contributed by atoms with Crippen LogP contribution < -0.4 is 5.73 Å². The number of hydrogen-bond donors (Lipinski definition) is 1. The summed E-state index contributed by atoms with van der Waals surface area (Å²) in [6.07, 6.45) is -1.19. The third kappa shape index (κ3) is 2.88. The Bertz CT molecular complexity index is 910. The fourth-order valence-corrected chi connectivity index (χ4v) is 4.66. The topological polar surface area (TPSA) is 64.2 Å². The second-order valence-corrected chi connectivity index (χ2v) is 7.61. The van der Waals surface area contributed by atoms with Crippen LogP contribution in [0.1, 0.15) is 35.3 Å². The molecule has 2 fully saturated rings. The first-order chi connectivity index (χ1) is 13.3. The Morgan fingerprint density at radius 1 is 1.32 bits per heavy atom. The van der Waals surface area contributed by atoms with Crippen molar-refractivity contribution in [2.45, 2.75) is 25.4 Å². The number of benzene rings is 1. The van der Waals surface area contributed by atoms with E-state index in [-0.39, 0.29) is 17.0 Å². The van der Waals surface area contributed by atoms with Crippen LogP contribution >= 0.6 is 0 Å². The highest BCUT2D eigenvalue weighted by atomic mass is 19.4. The highest BCUT2D eigenvalue weighted by molar-refractivity contribution is 5.95. The first kappa shape index (κ1) is 18.9. The Labute approximate surface area is 159 Å². The van der Waals surface area contributed by atoms with Crippen LogP contribution in [0.25, 0.3) is 5.69 Å². The molecule has 1 amide bonds. The first-order valence-electron chi connectivity index (χ1n) is 9.16. The molecule has 2 heterocycles. The van der Waals surface area contributed by atoms with Crippen molar-refractivity contribution in [2.24, 2.45) is 17.1 Å². The van der Waals surface area contributed by atoms with E-state index >= 15 is 0 Å². The molecule has 28 heavy (non-hydrogen) atoms. The third-order valence-corrected chi connectivity index (χ3v) is 6.08. The number of carbonyl (C=O) groups is 1. The molecule has 1 aromatic carbocycles. The van der Waals surface area contributed by atoms with Gasteiger partial charge in [-0.15, -0.1) is 0 Å². The molecular weight excluding hydrogens is 376 g/mol. The van der Waals surface area contributed by atoms with E-state index in [0.29, 0.717) is 24.3 Å². The molecule has 2 N–H and O–H groups in total. The lowest BCUT2D eigenvalue weighted by atomic mass is 9.81. The second-order valence-electron chi connectivity index (χ2n) is 7.61. The van der Waals surface area contributed by atoms with Crippen LogP contribution in [0.15, 0.2) is 30.5 Å². The van der Waals surface area contributed by atoms with Gasteiger partial charge in [-0.1, -0.05) is 18.6 Å². The quantitative estimate of drug-likeness (QED) is 0.811. The van der Waals surface area contributed by atoms with Crippen molar-refractivity contribution in [2.75, 3.05) is 19.6 Å². The van der Waals surface area contributed by atoms with E-state index < -0.39 is 29.2 Å². The third-order valence-electron chi connectivity index (χ3n) is 6.08. The van der Waals surface area contributed by atoms with E-state index in [1.807, 2.05) is 0 Å². The van der Waals surface area contributed by atoms with Gasteiger partial charge in [0.2, 0.25) is 0 Å². The van der Waals surface area contributed by atoms with Crippen LogP contribution in [0.5, 0.6) is 0 Å². The number of likely N-dealkylation sites (tertiary alicyclic amines) is 1. The van der Waals surface area contributed by atoms with Crippen molar-refractivity contribution in [1.82, 2.24) is 14.7 Å². The highest BCUT2D eigenvalue weighted by Gasteiger charge is 2.51. The molecule has 9 heteroatoms. The van der Waals surface area contributed by atoms with E-state index in [1.54, 1.807) is 0 Å². The van der Waals surface area contributed by atoms with Gasteiger partial charge in [-0.3, -0.25) is 4.79 Å². The van der Waals surface area contributed by atoms with E-state index in [1.165, 1.54) is 23.1 Å². The van der Waals surface area contributed by atoms with Crippen molar-refractivity contribution in [1.29, 1.82) is 0 Å². The molecule has 150 valence electrons. The number of amides is 1. The number of carbonyl (C=O) groups excluding carboxylic acids is 1. The van der Waals surface area contributed by atoms with Gasteiger partial charge in [0.05, 0.1) is 11.8 Å². The van der Waals surface area contributed by atoms with E-state index in [2.05, 4.69) is 5.10 Å². The zero-order valence-electron chi connectivity index (χ0n) is 15.0. The zero-order chi connectivity index (χ0) is 20.1. The number of para-hydroxylation sites is 1. The highest BCUT2D eigenvalue weighted by Crippen LogP contribution is 2.48. The summed E-state index contributed by atoms with van der Waals surface area (Å²) in [7, 11) is 0. The van der Waals surface area contributed by atoms with Crippen molar-refractivity contribution in [3.63, 3.8) is 0 Å². The number of nitrogens with zero attached hydrogens (tertiary/aromatic N) is 3. The second kappa shape index (κ2) is 6.58. The Balaban J connectivity index is 1.73. The fourth-order valence-electron chi connectivity index (χ4n) is 4.66. The minimum atomic E-state index is -4.87. The molecule has 1 aliphatic heterocycles. The van der Waals surface area contributed by atoms with Gasteiger partial charge in [0.1, 0.15) is 11.5 Å². The maximum absolute atomic E-state index is 14.1. The van der Waals surface area contributed by atoms with Gasteiger partial charge in [0.25, 0.3) is 5.91 Å². The average molecular weight is 396 g/mol. The summed E-state index contributed by atoms with van der Waals surface area (Å²) < 4.78 is 55.9. The number of halogens is 4. The van der Waals surface area contributed by atoms with Gasteiger partial charge in [0, 0.05) is 18.5 Å². The SMILES string of the molecule is NC[C@]12CCC[C@H]1CN(C(=O)c1cnn(-c3ccccc3F)c1C(F)(F)F)C2. The van der Waals surface area contributed by atoms with Gasteiger partial charge >= 0.3 is 6.18 Å². The number of fused-ring (bicyclic) bond motifs is 1. The summed E-state index contributed by atoms with van der Waals surface area (Å²) in [4.78, 5) is 14.4. The Hall–Kier alpha value is -2.42. The predicted octanol–water partition coefficient (Wildman–Crippen LogP) is 3.23. The number of nitrogens with two attached hydrogens (primary N) is 1. The standard InChI is InChI=1S/C19H20F4N4O/c20-14-5-1-2-6-15(14)27-16(19(21,22)23)13(8-25-27)17(28)26-9-12-4-3-7-18(12,10-24)11-26/h1-2,5-6,8,12H,3-4,7,9-11,24H2/t12-,18-/m0/s1. The van der Waals surface area contributed by atoms with E-state index in [9.17, 15) is 22.4 Å². The predicted molar refractivity (Wildman–Crippen MR) is 93.3 cm³/mol. The summed E-state index contributed by atoms with van der Waals surface area (Å²) in [5, 5.41) is 3.70. The first-order valence-corrected chi connectivity index (χ1v) is 9.16. The molecule has 2 aliphatic rings. The van der Waals surface area contributed by atoms with Gasteiger partial charge < -0.3 is 10.6 Å². The van der Waals surface area contributed by atoms with Gasteiger partial charge in [-0.2, -0.15) is 18.3 Å². The molecule has 0 bridgehead atoms. The molecule has 0 unspecified atom stereocenters. The fraction of sp³-hybridized carbons (Fsp3) is 0.474. The molecule has 1 aromatic heterocycles. The van der Waals surface area contributed by atoms with Crippen LogP contribution in [0.4, 0.5) is 17.6 Å². The van der Waals surface area contributed by atoms with Crippen LogP contribution in [0, 0.1) is 17.2 Å². The summed E-state index contributed by atoms with van der Waals surface area (Å²) in [6.45, 7) is 1.13. The minimum Gasteiger partial charge on any atom is -0.338 e. The van der Waals surface area contributed by atoms with Gasteiger partial charge in [0.15, 0.2) is 5.69 Å². The van der Waals surface area contributed by atoms with Gasteiger partial charge in [-0.05, 0) is 37.4 Å². The summed E-state index contributed by atoms with van der Waals surface area (Å²) in [5.74, 6) is -1.39. The minimum absolute atomic E-state index is 0.206. The Kier molecular flexibility index (Phi) is 4.45. The monoisotopic (exact) mass is 396 g/mol. The largest absolute Gasteiger partial charge is 0.434 e. The van der Waals surface area contributed by atoms with Crippen molar-refractivity contribution in [3.8, 4) is 5.69 Å². The van der Waals surface area contributed by atoms with Crippen molar-refractivity contribution < 1.29 is 22.4 Å². The molecule has 1 saturated carbocycles. The molecule has 0 spiro atoms. The zero-order valence-corrected chi connectivity index (χ0v) is 15.0.